The normalized spacial score (nSPS) is 25.5. The smallest absolute Gasteiger partial charge is 0.255 e. The number of hydrogen-bond donors (Lipinski definition) is 3. The molecule has 2 unspecified atom stereocenters. The minimum atomic E-state index is -0.568. The summed E-state index contributed by atoms with van der Waals surface area (Å²) in [4.78, 5) is 37.8. The van der Waals surface area contributed by atoms with Gasteiger partial charge in [0.2, 0.25) is 11.8 Å². The van der Waals surface area contributed by atoms with Crippen molar-refractivity contribution in [3.8, 4) is 0 Å². The maximum atomic E-state index is 12.8. The van der Waals surface area contributed by atoms with Crippen LogP contribution in [-0.4, -0.2) is 61.0 Å². The van der Waals surface area contributed by atoms with Gasteiger partial charge in [-0.2, -0.15) is 0 Å². The molecule has 2 atom stereocenters. The highest BCUT2D eigenvalue weighted by atomic mass is 16.5. The van der Waals surface area contributed by atoms with Crippen molar-refractivity contribution < 1.29 is 19.1 Å². The summed E-state index contributed by atoms with van der Waals surface area (Å²) >= 11 is 0. The lowest BCUT2D eigenvalue weighted by atomic mass is 10.0. The maximum Gasteiger partial charge on any atom is 0.255 e. The number of carbonyl (C=O) groups excluding carboxylic acids is 3. The van der Waals surface area contributed by atoms with E-state index in [-0.39, 0.29) is 24.1 Å². The van der Waals surface area contributed by atoms with Crippen LogP contribution >= 0.6 is 0 Å². The van der Waals surface area contributed by atoms with Crippen LogP contribution < -0.4 is 16.0 Å². The van der Waals surface area contributed by atoms with E-state index in [1.54, 1.807) is 4.90 Å². The topological polar surface area (TPSA) is 99.8 Å². The molecule has 8 nitrogen and oxygen atoms in total. The van der Waals surface area contributed by atoms with E-state index in [9.17, 15) is 14.4 Å². The van der Waals surface area contributed by atoms with Gasteiger partial charge in [-0.3, -0.25) is 19.7 Å². The first-order valence-electron chi connectivity index (χ1n) is 9.40. The Morgan fingerprint density at radius 3 is 2.93 bits per heavy atom. The summed E-state index contributed by atoms with van der Waals surface area (Å²) in [5.74, 6) is -0.785. The Labute approximate surface area is 157 Å². The summed E-state index contributed by atoms with van der Waals surface area (Å²) in [5, 5.41) is 9.11. The molecule has 0 radical (unpaired) electrons. The van der Waals surface area contributed by atoms with Crippen LogP contribution in [0.2, 0.25) is 0 Å². The number of imide groups is 1. The molecule has 0 aliphatic carbocycles. The van der Waals surface area contributed by atoms with Crippen LogP contribution in [0.25, 0.3) is 0 Å². The number of amides is 3. The molecule has 0 bridgehead atoms. The van der Waals surface area contributed by atoms with Crippen LogP contribution in [0.15, 0.2) is 18.2 Å². The highest BCUT2D eigenvalue weighted by Crippen LogP contribution is 2.28. The van der Waals surface area contributed by atoms with Crippen molar-refractivity contribution in [3.05, 3.63) is 34.9 Å². The van der Waals surface area contributed by atoms with Gasteiger partial charge in [-0.25, -0.2) is 0 Å². The number of carbonyl (C=O) groups is 3. The van der Waals surface area contributed by atoms with Crippen LogP contribution in [0.1, 0.15) is 34.3 Å². The number of nitrogens with one attached hydrogen (secondary N) is 3. The SMILES string of the molecule is O=C1CCC(N2Cc3ccc(CNCC4COCCN4)cc3C2=O)C(=O)N1. The number of fused-ring (bicyclic) bond motifs is 1. The predicted molar refractivity (Wildman–Crippen MR) is 96.8 cm³/mol. The molecule has 3 N–H and O–H groups in total. The summed E-state index contributed by atoms with van der Waals surface area (Å²) < 4.78 is 5.44. The first-order valence-corrected chi connectivity index (χ1v) is 9.40. The van der Waals surface area contributed by atoms with Gasteiger partial charge in [0, 0.05) is 44.2 Å². The number of ether oxygens (including phenoxy) is 1. The van der Waals surface area contributed by atoms with Crippen molar-refractivity contribution in [2.45, 2.75) is 38.0 Å². The average molecular weight is 372 g/mol. The number of morpholine rings is 1. The van der Waals surface area contributed by atoms with E-state index in [0.29, 0.717) is 37.7 Å². The minimum Gasteiger partial charge on any atom is -0.378 e. The highest BCUT2D eigenvalue weighted by Gasteiger charge is 2.39. The van der Waals surface area contributed by atoms with Crippen molar-refractivity contribution in [2.75, 3.05) is 26.3 Å². The van der Waals surface area contributed by atoms with Gasteiger partial charge in [-0.15, -0.1) is 0 Å². The fourth-order valence-corrected chi connectivity index (χ4v) is 3.85. The van der Waals surface area contributed by atoms with Crippen molar-refractivity contribution in [2.24, 2.45) is 0 Å². The summed E-state index contributed by atoms with van der Waals surface area (Å²) in [6, 6.07) is 5.61. The van der Waals surface area contributed by atoms with E-state index in [4.69, 9.17) is 4.74 Å². The van der Waals surface area contributed by atoms with Crippen molar-refractivity contribution in [1.29, 1.82) is 0 Å². The van der Waals surface area contributed by atoms with Crippen LogP contribution in [0.5, 0.6) is 0 Å². The van der Waals surface area contributed by atoms with Crippen LogP contribution in [-0.2, 0) is 27.4 Å². The van der Waals surface area contributed by atoms with Crippen molar-refractivity contribution in [1.82, 2.24) is 20.9 Å². The lowest BCUT2D eigenvalue weighted by Gasteiger charge is -2.29. The zero-order valence-corrected chi connectivity index (χ0v) is 15.1. The Balaban J connectivity index is 1.37. The fraction of sp³-hybridized carbons (Fsp3) is 0.526. The second-order valence-electron chi connectivity index (χ2n) is 7.25. The maximum absolute atomic E-state index is 12.8. The van der Waals surface area contributed by atoms with Gasteiger partial charge < -0.3 is 20.3 Å². The van der Waals surface area contributed by atoms with Crippen molar-refractivity contribution >= 4 is 17.7 Å². The molecular weight excluding hydrogens is 348 g/mol. The lowest BCUT2D eigenvalue weighted by molar-refractivity contribution is -0.136. The second kappa shape index (κ2) is 7.75. The Morgan fingerprint density at radius 1 is 1.26 bits per heavy atom. The lowest BCUT2D eigenvalue weighted by Crippen LogP contribution is -2.52. The van der Waals surface area contributed by atoms with Gasteiger partial charge in [-0.05, 0) is 23.6 Å². The summed E-state index contributed by atoms with van der Waals surface area (Å²) in [5.41, 5.74) is 2.61. The molecule has 0 spiro atoms. The zero-order chi connectivity index (χ0) is 18.8. The molecule has 2 fully saturated rings. The molecule has 2 saturated heterocycles. The summed E-state index contributed by atoms with van der Waals surface area (Å²) in [6.45, 7) is 4.21. The van der Waals surface area contributed by atoms with Crippen LogP contribution in [0.4, 0.5) is 0 Å². The Kier molecular flexibility index (Phi) is 5.20. The third-order valence-electron chi connectivity index (χ3n) is 5.31. The van der Waals surface area contributed by atoms with Crippen LogP contribution in [0.3, 0.4) is 0 Å². The molecule has 3 aliphatic heterocycles. The van der Waals surface area contributed by atoms with E-state index in [1.807, 2.05) is 18.2 Å². The number of hydrogen-bond acceptors (Lipinski definition) is 6. The molecule has 3 aliphatic rings. The third kappa shape index (κ3) is 3.87. The molecule has 0 saturated carbocycles. The van der Waals surface area contributed by atoms with Gasteiger partial charge in [0.25, 0.3) is 5.91 Å². The first kappa shape index (κ1) is 18.1. The molecule has 0 aromatic heterocycles. The monoisotopic (exact) mass is 372 g/mol. The largest absolute Gasteiger partial charge is 0.378 e. The minimum absolute atomic E-state index is 0.135. The van der Waals surface area contributed by atoms with E-state index in [2.05, 4.69) is 16.0 Å². The van der Waals surface area contributed by atoms with Gasteiger partial charge in [0.1, 0.15) is 6.04 Å². The van der Waals surface area contributed by atoms with Gasteiger partial charge in [-0.1, -0.05) is 12.1 Å². The Hall–Kier alpha value is -2.29. The third-order valence-corrected chi connectivity index (χ3v) is 5.31. The number of nitrogens with zero attached hydrogens (tertiary/aromatic N) is 1. The van der Waals surface area contributed by atoms with Crippen LogP contribution in [0, 0.1) is 0 Å². The molecule has 3 amide bonds. The molecule has 144 valence electrons. The van der Waals surface area contributed by atoms with Gasteiger partial charge >= 0.3 is 0 Å². The zero-order valence-electron chi connectivity index (χ0n) is 15.1. The molecule has 8 heteroatoms. The summed E-state index contributed by atoms with van der Waals surface area (Å²) in [6.07, 6.45) is 0.653. The number of benzene rings is 1. The Morgan fingerprint density at radius 2 is 2.15 bits per heavy atom. The van der Waals surface area contributed by atoms with E-state index >= 15 is 0 Å². The molecule has 27 heavy (non-hydrogen) atoms. The number of piperidine rings is 1. The van der Waals surface area contributed by atoms with E-state index in [0.717, 1.165) is 30.8 Å². The Bertz CT molecular complexity index is 760. The fourth-order valence-electron chi connectivity index (χ4n) is 3.85. The highest BCUT2D eigenvalue weighted by molar-refractivity contribution is 6.05. The standard InChI is InChI=1S/C19H24N4O4/c24-17-4-3-16(18(25)22-17)23-10-13-2-1-12(7-15(13)19(23)26)8-20-9-14-11-27-6-5-21-14/h1-2,7,14,16,20-21H,3-6,8-11H2,(H,22,24,25). The van der Waals surface area contributed by atoms with Crippen molar-refractivity contribution in [3.63, 3.8) is 0 Å². The molecule has 3 heterocycles. The second-order valence-corrected chi connectivity index (χ2v) is 7.25. The van der Waals surface area contributed by atoms with E-state index < -0.39 is 6.04 Å². The number of rotatable bonds is 5. The van der Waals surface area contributed by atoms with Gasteiger partial charge in [0.15, 0.2) is 0 Å². The molecule has 4 rings (SSSR count). The quantitative estimate of drug-likeness (QED) is 0.604. The van der Waals surface area contributed by atoms with E-state index in [1.165, 1.54) is 0 Å². The average Bonchev–Trinajstić information content (AvgIpc) is 2.99. The first-order chi connectivity index (χ1) is 13.1. The van der Waals surface area contributed by atoms with Gasteiger partial charge in [0.05, 0.1) is 13.2 Å². The molecule has 1 aromatic rings. The molecular formula is C19H24N4O4. The summed E-state index contributed by atoms with van der Waals surface area (Å²) in [7, 11) is 0. The predicted octanol–water partition coefficient (Wildman–Crippen LogP) is -0.474. The molecule has 1 aromatic carbocycles.